The number of hydrogen-bond donors (Lipinski definition) is 1. The lowest BCUT2D eigenvalue weighted by molar-refractivity contribution is 0.102. The molecule has 37 heavy (non-hydrogen) atoms. The normalized spacial score (nSPS) is 11.4. The Labute approximate surface area is 216 Å². The van der Waals surface area contributed by atoms with Gasteiger partial charge in [-0.1, -0.05) is 12.1 Å². The van der Waals surface area contributed by atoms with Gasteiger partial charge < -0.3 is 18.6 Å². The van der Waals surface area contributed by atoms with Crippen molar-refractivity contribution in [2.75, 3.05) is 26.6 Å². The minimum absolute atomic E-state index is 0.145. The Hall–Kier alpha value is -4.63. The number of methoxy groups -OCH3 is 3. The molecule has 2 aromatic heterocycles. The molecular weight excluding hydrogens is 490 g/mol. The Balaban J connectivity index is 1.52. The van der Waals surface area contributed by atoms with E-state index in [4.69, 9.17) is 18.6 Å². The number of thiazole rings is 1. The molecule has 0 aliphatic heterocycles. The summed E-state index contributed by atoms with van der Waals surface area (Å²) in [6, 6.07) is 21.9. The molecule has 9 heteroatoms. The van der Waals surface area contributed by atoms with Gasteiger partial charge in [0.05, 0.1) is 32.7 Å². The summed E-state index contributed by atoms with van der Waals surface area (Å²) in [6.07, 6.45) is 0. The highest BCUT2D eigenvalue weighted by Gasteiger charge is 2.17. The maximum atomic E-state index is 13.4. The van der Waals surface area contributed by atoms with Gasteiger partial charge in [0, 0.05) is 16.3 Å². The first-order valence-corrected chi connectivity index (χ1v) is 12.2. The van der Waals surface area contributed by atoms with Gasteiger partial charge in [0.25, 0.3) is 5.91 Å². The first kappa shape index (κ1) is 24.1. The second-order valence-electron chi connectivity index (χ2n) is 7.87. The smallest absolute Gasteiger partial charge is 0.262 e. The van der Waals surface area contributed by atoms with Crippen LogP contribution in [0.5, 0.6) is 17.2 Å². The highest BCUT2D eigenvalue weighted by atomic mass is 32.1. The van der Waals surface area contributed by atoms with Crippen molar-refractivity contribution in [2.45, 2.75) is 0 Å². The summed E-state index contributed by atoms with van der Waals surface area (Å²) < 4.78 is 22.0. The average Bonchev–Trinajstić information content (AvgIpc) is 3.41. The van der Waals surface area contributed by atoms with E-state index < -0.39 is 5.91 Å². The number of rotatable bonds is 7. The number of hydrogen-bond acceptors (Lipinski definition) is 8. The van der Waals surface area contributed by atoms with Crippen molar-refractivity contribution in [1.82, 2.24) is 4.98 Å². The van der Waals surface area contributed by atoms with Crippen LogP contribution in [0, 0.1) is 0 Å². The fourth-order valence-electron chi connectivity index (χ4n) is 3.70. The number of carbonyl (C=O) groups excluding carboxylic acids is 1. The number of amides is 1. The third-order valence-electron chi connectivity index (χ3n) is 5.62. The van der Waals surface area contributed by atoms with E-state index in [-0.39, 0.29) is 11.1 Å². The molecule has 0 fully saturated rings. The van der Waals surface area contributed by atoms with Crippen molar-refractivity contribution >= 4 is 39.0 Å². The van der Waals surface area contributed by atoms with Gasteiger partial charge in [-0.15, -0.1) is 11.3 Å². The molecular formula is C28H23N3O5S. The summed E-state index contributed by atoms with van der Waals surface area (Å²) in [5.74, 6) is 1.61. The average molecular weight is 514 g/mol. The SMILES string of the molecule is COc1ccc(N=c2oc3c(OC)cccc3cc2C(=O)Nc2nc(-c3ccc(OC)cc3)cs2)cc1. The van der Waals surface area contributed by atoms with Crippen molar-refractivity contribution in [1.29, 1.82) is 0 Å². The third-order valence-corrected chi connectivity index (χ3v) is 6.37. The minimum atomic E-state index is -0.392. The molecule has 8 nitrogen and oxygen atoms in total. The lowest BCUT2D eigenvalue weighted by Gasteiger charge is -2.08. The van der Waals surface area contributed by atoms with Gasteiger partial charge in [-0.05, 0) is 60.7 Å². The number of nitrogens with zero attached hydrogens (tertiary/aromatic N) is 2. The largest absolute Gasteiger partial charge is 0.497 e. The quantitative estimate of drug-likeness (QED) is 0.284. The maximum Gasteiger partial charge on any atom is 0.262 e. The molecule has 1 amide bonds. The van der Waals surface area contributed by atoms with E-state index in [1.54, 1.807) is 57.7 Å². The highest BCUT2D eigenvalue weighted by molar-refractivity contribution is 7.14. The van der Waals surface area contributed by atoms with E-state index in [2.05, 4.69) is 15.3 Å². The number of aromatic nitrogens is 1. The lowest BCUT2D eigenvalue weighted by Crippen LogP contribution is -2.21. The summed E-state index contributed by atoms with van der Waals surface area (Å²) in [7, 11) is 4.78. The minimum Gasteiger partial charge on any atom is -0.497 e. The summed E-state index contributed by atoms with van der Waals surface area (Å²) in [5.41, 5.74) is 3.16. The molecule has 0 saturated carbocycles. The summed E-state index contributed by atoms with van der Waals surface area (Å²) in [6.45, 7) is 0. The third kappa shape index (κ3) is 5.17. The zero-order valence-electron chi connectivity index (χ0n) is 20.3. The molecule has 2 heterocycles. The van der Waals surface area contributed by atoms with Gasteiger partial charge in [-0.2, -0.15) is 0 Å². The highest BCUT2D eigenvalue weighted by Crippen LogP contribution is 2.28. The summed E-state index contributed by atoms with van der Waals surface area (Å²) in [4.78, 5) is 22.6. The molecule has 186 valence electrons. The Morgan fingerprint density at radius 1 is 0.919 bits per heavy atom. The van der Waals surface area contributed by atoms with Gasteiger partial charge in [0.15, 0.2) is 16.5 Å². The Kier molecular flexibility index (Phi) is 6.87. The number of nitrogens with one attached hydrogen (secondary N) is 1. The Bertz CT molecular complexity index is 1620. The van der Waals surface area contributed by atoms with Crippen LogP contribution < -0.4 is 25.1 Å². The second-order valence-corrected chi connectivity index (χ2v) is 8.73. The Morgan fingerprint density at radius 3 is 2.30 bits per heavy atom. The molecule has 0 bridgehead atoms. The van der Waals surface area contributed by atoms with E-state index in [1.807, 2.05) is 41.8 Å². The number of ether oxygens (including phenoxy) is 3. The van der Waals surface area contributed by atoms with Crippen LogP contribution in [0.15, 0.2) is 87.6 Å². The predicted octanol–water partition coefficient (Wildman–Crippen LogP) is 6.07. The first-order chi connectivity index (χ1) is 18.1. The second kappa shape index (κ2) is 10.5. The van der Waals surface area contributed by atoms with Gasteiger partial charge in [-0.3, -0.25) is 10.1 Å². The summed E-state index contributed by atoms with van der Waals surface area (Å²) in [5, 5.41) is 5.93. The van der Waals surface area contributed by atoms with E-state index in [0.717, 1.165) is 17.0 Å². The molecule has 0 aliphatic carbocycles. The number of anilines is 1. The molecule has 0 spiro atoms. The van der Waals surface area contributed by atoms with Crippen molar-refractivity contribution in [2.24, 2.45) is 4.99 Å². The molecule has 0 aliphatic rings. The number of para-hydroxylation sites is 1. The Morgan fingerprint density at radius 2 is 1.62 bits per heavy atom. The summed E-state index contributed by atoms with van der Waals surface area (Å²) >= 11 is 1.33. The van der Waals surface area contributed by atoms with Crippen molar-refractivity contribution in [3.63, 3.8) is 0 Å². The molecule has 5 aromatic rings. The van der Waals surface area contributed by atoms with Gasteiger partial charge in [-0.25, -0.2) is 9.98 Å². The number of carbonyl (C=O) groups is 1. The first-order valence-electron chi connectivity index (χ1n) is 11.3. The fourth-order valence-corrected chi connectivity index (χ4v) is 4.41. The van der Waals surface area contributed by atoms with Crippen LogP contribution in [-0.4, -0.2) is 32.2 Å². The number of benzene rings is 3. The monoisotopic (exact) mass is 513 g/mol. The zero-order chi connectivity index (χ0) is 25.8. The van der Waals surface area contributed by atoms with Crippen LogP contribution in [0.1, 0.15) is 10.4 Å². The molecule has 1 N–H and O–H groups in total. The molecule has 0 atom stereocenters. The zero-order valence-corrected chi connectivity index (χ0v) is 21.2. The van der Waals surface area contributed by atoms with E-state index in [1.165, 1.54) is 11.3 Å². The molecule has 0 saturated heterocycles. The lowest BCUT2D eigenvalue weighted by atomic mass is 10.1. The van der Waals surface area contributed by atoms with Crippen LogP contribution in [0.4, 0.5) is 10.8 Å². The van der Waals surface area contributed by atoms with Crippen molar-refractivity contribution in [3.05, 3.63) is 89.3 Å². The standard InChI is InChI=1S/C28H23N3O5S/c1-33-20-11-7-17(8-12-20)23-16-37-28(30-23)31-26(32)22-15-18-5-4-6-24(35-3)25(18)36-27(22)29-19-9-13-21(34-2)14-10-19/h4-16H,1-3H3,(H,30,31,32). The van der Waals surface area contributed by atoms with E-state index >= 15 is 0 Å². The predicted molar refractivity (Wildman–Crippen MR) is 143 cm³/mol. The fraction of sp³-hybridized carbons (Fsp3) is 0.107. The molecule has 0 unspecified atom stereocenters. The maximum absolute atomic E-state index is 13.4. The van der Waals surface area contributed by atoms with Crippen LogP contribution >= 0.6 is 11.3 Å². The van der Waals surface area contributed by atoms with Crippen LogP contribution in [0.25, 0.3) is 22.2 Å². The molecule has 0 radical (unpaired) electrons. The van der Waals surface area contributed by atoms with Crippen LogP contribution in [0.2, 0.25) is 0 Å². The van der Waals surface area contributed by atoms with E-state index in [9.17, 15) is 4.79 Å². The van der Waals surface area contributed by atoms with Crippen LogP contribution in [-0.2, 0) is 0 Å². The number of fused-ring (bicyclic) bond motifs is 1. The topological polar surface area (TPSA) is 95.2 Å². The van der Waals surface area contributed by atoms with E-state index in [0.29, 0.717) is 33.3 Å². The van der Waals surface area contributed by atoms with Crippen molar-refractivity contribution < 1.29 is 23.4 Å². The van der Waals surface area contributed by atoms with Crippen LogP contribution in [0.3, 0.4) is 0 Å². The van der Waals surface area contributed by atoms with Gasteiger partial charge in [0.1, 0.15) is 17.1 Å². The molecule has 3 aromatic carbocycles. The molecule has 5 rings (SSSR count). The van der Waals surface area contributed by atoms with Gasteiger partial charge in [0.2, 0.25) is 5.55 Å². The van der Waals surface area contributed by atoms with Crippen molar-refractivity contribution in [3.8, 4) is 28.5 Å². The van der Waals surface area contributed by atoms with Gasteiger partial charge >= 0.3 is 0 Å².